The zero-order valence-electron chi connectivity index (χ0n) is 21.3. The molecule has 2 heterocycles. The van der Waals surface area contributed by atoms with Gasteiger partial charge in [-0.3, -0.25) is 0 Å². The van der Waals surface area contributed by atoms with Crippen LogP contribution in [0.4, 0.5) is 15.9 Å². The first kappa shape index (κ1) is 25.7. The molecule has 5 rings (SSSR count). The number of nitrogens with two attached hydrogens (primary N) is 1. The smallest absolute Gasteiger partial charge is 0.148 e. The number of aromatic nitrogens is 2. The molecule has 3 aromatic rings. The summed E-state index contributed by atoms with van der Waals surface area (Å²) in [5.74, 6) is 0.157. The van der Waals surface area contributed by atoms with Crippen LogP contribution in [-0.2, 0) is 0 Å². The molecule has 1 aliphatic carbocycles. The highest BCUT2D eigenvalue weighted by Crippen LogP contribution is 2.29. The Morgan fingerprint density at radius 1 is 1.00 bits per heavy atom. The van der Waals surface area contributed by atoms with Crippen LogP contribution in [0.15, 0.2) is 48.5 Å². The minimum Gasteiger partial charge on any atom is -0.372 e. The summed E-state index contributed by atoms with van der Waals surface area (Å²) in [5.41, 5.74) is 9.15. The molecule has 3 N–H and O–H groups in total. The second-order valence-electron chi connectivity index (χ2n) is 9.59. The molecule has 190 valence electrons. The molecule has 0 atom stereocenters. The molecule has 2 aliphatic rings. The molecule has 0 spiro atoms. The van der Waals surface area contributed by atoms with Gasteiger partial charge in [0.2, 0.25) is 0 Å². The van der Waals surface area contributed by atoms with Crippen molar-refractivity contribution in [1.82, 2.24) is 14.7 Å². The number of anilines is 2. The number of likely N-dealkylation sites (N-methyl/N-ethyl adjacent to an activating group) is 1. The van der Waals surface area contributed by atoms with E-state index in [2.05, 4.69) is 39.4 Å². The summed E-state index contributed by atoms with van der Waals surface area (Å²) in [7, 11) is 3.94. The zero-order chi connectivity index (χ0) is 25.5. The molecule has 0 unspecified atom stereocenters. The van der Waals surface area contributed by atoms with Crippen LogP contribution in [0.1, 0.15) is 37.7 Å². The molecule has 0 radical (unpaired) electrons. The first-order valence-electron chi connectivity index (χ1n) is 12.8. The Hall–Kier alpha value is -3.41. The normalized spacial score (nSPS) is 16.7. The molecule has 1 saturated carbocycles. The third-order valence-corrected chi connectivity index (χ3v) is 6.94. The number of rotatable bonds is 4. The second-order valence-corrected chi connectivity index (χ2v) is 9.59. The monoisotopic (exact) mass is 489 g/mol. The highest BCUT2D eigenvalue weighted by Gasteiger charge is 2.17. The Balaban J connectivity index is 0.000000375. The van der Waals surface area contributed by atoms with Crippen LogP contribution in [0.25, 0.3) is 16.9 Å². The molecule has 36 heavy (non-hydrogen) atoms. The molecule has 2 fully saturated rings. The molecule has 8 heteroatoms. The van der Waals surface area contributed by atoms with Gasteiger partial charge in [-0.2, -0.15) is 5.26 Å². The van der Waals surface area contributed by atoms with Gasteiger partial charge in [0.25, 0.3) is 0 Å². The molecule has 1 aromatic heterocycles. The van der Waals surface area contributed by atoms with Gasteiger partial charge in [0, 0.05) is 56.6 Å². The van der Waals surface area contributed by atoms with Crippen molar-refractivity contribution in [2.45, 2.75) is 38.1 Å². The van der Waals surface area contributed by atoms with E-state index in [4.69, 9.17) is 11.0 Å². The number of nitriles is 1. The Morgan fingerprint density at radius 3 is 2.33 bits per heavy atom. The van der Waals surface area contributed by atoms with E-state index < -0.39 is 5.82 Å². The van der Waals surface area contributed by atoms with E-state index in [0.29, 0.717) is 17.4 Å². The van der Waals surface area contributed by atoms with Crippen molar-refractivity contribution >= 4 is 11.5 Å². The first-order chi connectivity index (χ1) is 17.5. The number of hydrogen-bond acceptors (Lipinski definition) is 6. The predicted molar refractivity (Wildman–Crippen MR) is 144 cm³/mol. The Labute approximate surface area is 213 Å². The fraction of sp³-hybridized carbons (Fsp3) is 0.429. The molecule has 7 nitrogen and oxygen atoms in total. The maximum Gasteiger partial charge on any atom is 0.148 e. The van der Waals surface area contributed by atoms with Crippen LogP contribution in [0.2, 0.25) is 0 Å². The van der Waals surface area contributed by atoms with Gasteiger partial charge in [0.05, 0.1) is 16.9 Å². The van der Waals surface area contributed by atoms with Gasteiger partial charge in [0.15, 0.2) is 0 Å². The van der Waals surface area contributed by atoms with Gasteiger partial charge in [-0.25, -0.2) is 9.07 Å². The summed E-state index contributed by atoms with van der Waals surface area (Å²) in [6, 6.07) is 17.2. The quantitative estimate of drug-likeness (QED) is 0.556. The van der Waals surface area contributed by atoms with Crippen molar-refractivity contribution < 1.29 is 4.39 Å². The molecule has 0 amide bonds. The van der Waals surface area contributed by atoms with Crippen LogP contribution in [0.3, 0.4) is 0 Å². The molecule has 1 aliphatic heterocycles. The lowest BCUT2D eigenvalue weighted by Crippen LogP contribution is -2.44. The number of halogens is 1. The molecule has 2 aromatic carbocycles. The minimum absolute atomic E-state index is 0.0331. The highest BCUT2D eigenvalue weighted by atomic mass is 19.1. The lowest BCUT2D eigenvalue weighted by atomic mass is 9.97. The van der Waals surface area contributed by atoms with Crippen molar-refractivity contribution in [3.8, 4) is 23.0 Å². The summed E-state index contributed by atoms with van der Waals surface area (Å²) >= 11 is 0. The summed E-state index contributed by atoms with van der Waals surface area (Å²) < 4.78 is 16.0. The van der Waals surface area contributed by atoms with Gasteiger partial charge < -0.3 is 20.9 Å². The zero-order valence-corrected chi connectivity index (χ0v) is 21.3. The standard InChI is InChI=1S/C22H23FN6.C6H13N/c1-25-22-14-21(16-6-7-17(15-24)20(23)12-16)29(26-22)19-5-3-4-18(13-19)28-10-8-27(2)9-11-28;7-6-4-2-1-3-5-6/h3-7,12-14H,8-11H2,1-2H3,(H,25,26);6H,1-5,7H2. The van der Waals surface area contributed by atoms with Crippen LogP contribution in [0.5, 0.6) is 0 Å². The van der Waals surface area contributed by atoms with Crippen molar-refractivity contribution in [2.24, 2.45) is 5.73 Å². The third kappa shape index (κ3) is 6.23. The summed E-state index contributed by atoms with van der Waals surface area (Å²) in [4.78, 5) is 4.69. The topological polar surface area (TPSA) is 86.1 Å². The van der Waals surface area contributed by atoms with E-state index in [1.807, 2.05) is 29.0 Å². The summed E-state index contributed by atoms with van der Waals surface area (Å²) in [5, 5.41) is 16.7. The van der Waals surface area contributed by atoms with Crippen LogP contribution < -0.4 is 16.0 Å². The van der Waals surface area contributed by atoms with Gasteiger partial charge in [-0.15, -0.1) is 5.10 Å². The van der Waals surface area contributed by atoms with Crippen LogP contribution in [0, 0.1) is 17.1 Å². The number of nitrogens with zero attached hydrogens (tertiary/aromatic N) is 5. The maximum atomic E-state index is 14.2. The Bertz CT molecular complexity index is 1180. The first-order valence-corrected chi connectivity index (χ1v) is 12.8. The lowest BCUT2D eigenvalue weighted by molar-refractivity contribution is 0.313. The number of piperazine rings is 1. The van der Waals surface area contributed by atoms with Crippen molar-refractivity contribution in [1.29, 1.82) is 5.26 Å². The fourth-order valence-electron chi connectivity index (χ4n) is 4.69. The van der Waals surface area contributed by atoms with Crippen molar-refractivity contribution in [2.75, 3.05) is 50.5 Å². The number of hydrogen-bond donors (Lipinski definition) is 2. The van der Waals surface area contributed by atoms with Gasteiger partial charge in [-0.05, 0) is 50.2 Å². The van der Waals surface area contributed by atoms with E-state index in [-0.39, 0.29) is 5.56 Å². The van der Waals surface area contributed by atoms with Crippen LogP contribution in [-0.4, -0.2) is 61.0 Å². The van der Waals surface area contributed by atoms with E-state index in [0.717, 1.165) is 43.2 Å². The van der Waals surface area contributed by atoms with Gasteiger partial charge >= 0.3 is 0 Å². The minimum atomic E-state index is -0.532. The van der Waals surface area contributed by atoms with Crippen molar-refractivity contribution in [3.05, 3.63) is 59.9 Å². The number of nitrogens with one attached hydrogen (secondary N) is 1. The van der Waals surface area contributed by atoms with E-state index in [1.165, 1.54) is 44.2 Å². The Kier molecular flexibility index (Phi) is 8.57. The number of benzene rings is 2. The van der Waals surface area contributed by atoms with Crippen molar-refractivity contribution in [3.63, 3.8) is 0 Å². The highest BCUT2D eigenvalue weighted by molar-refractivity contribution is 5.68. The average Bonchev–Trinajstić information content (AvgIpc) is 3.35. The Morgan fingerprint density at radius 2 is 1.72 bits per heavy atom. The molecular formula is C28H36FN7. The van der Waals surface area contributed by atoms with E-state index in [9.17, 15) is 4.39 Å². The second kappa shape index (κ2) is 12.0. The molecule has 1 saturated heterocycles. The average molecular weight is 490 g/mol. The van der Waals surface area contributed by atoms with E-state index >= 15 is 0 Å². The molecule has 0 bridgehead atoms. The van der Waals surface area contributed by atoms with E-state index in [1.54, 1.807) is 13.1 Å². The predicted octanol–water partition coefficient (Wildman–Crippen LogP) is 4.62. The lowest BCUT2D eigenvalue weighted by Gasteiger charge is -2.34. The molecular weight excluding hydrogens is 453 g/mol. The van der Waals surface area contributed by atoms with Gasteiger partial charge in [0.1, 0.15) is 17.7 Å². The largest absolute Gasteiger partial charge is 0.372 e. The fourth-order valence-corrected chi connectivity index (χ4v) is 4.69. The SMILES string of the molecule is CNc1cc(-c2ccc(C#N)c(F)c2)n(-c2cccc(N3CCN(C)CC3)c2)n1.NC1CCCCC1. The maximum absolute atomic E-state index is 14.2. The third-order valence-electron chi connectivity index (χ3n) is 6.94. The summed E-state index contributed by atoms with van der Waals surface area (Å²) in [6.45, 7) is 4.03. The van der Waals surface area contributed by atoms with Crippen LogP contribution >= 0.6 is 0 Å². The van der Waals surface area contributed by atoms with Gasteiger partial charge in [-0.1, -0.05) is 31.4 Å². The summed E-state index contributed by atoms with van der Waals surface area (Å²) in [6.07, 6.45) is 6.66.